The van der Waals surface area contributed by atoms with E-state index < -0.39 is 126 Å². The van der Waals surface area contributed by atoms with Crippen LogP contribution in [0.5, 0.6) is 0 Å². The van der Waals surface area contributed by atoms with Crippen molar-refractivity contribution >= 4 is 79.0 Å². The molecule has 0 spiro atoms. The third-order valence-electron chi connectivity index (χ3n) is 22.6. The molecule has 558 valence electrons. The molecule has 0 fully saturated rings. The Morgan fingerprint density at radius 1 is 0.272 bits per heavy atom. The second-order valence-corrected chi connectivity index (χ2v) is 35.5. The Bertz CT molecular complexity index is 7130. The van der Waals surface area contributed by atoms with Crippen molar-refractivity contribution in [3.63, 3.8) is 0 Å². The van der Waals surface area contributed by atoms with E-state index in [1.165, 1.54) is 0 Å². The first-order chi connectivity index (χ1) is 60.9. The van der Waals surface area contributed by atoms with Crippen LogP contribution in [0.1, 0.15) is 152 Å². The lowest BCUT2D eigenvalue weighted by molar-refractivity contribution is 0.569. The fourth-order valence-corrected chi connectivity index (χ4v) is 16.4. The number of nitrogens with zero attached hydrogens (tertiary/aromatic N) is 6. The molecule has 14 aromatic carbocycles. The van der Waals surface area contributed by atoms with Crippen molar-refractivity contribution in [2.24, 2.45) is 0 Å². The number of aromatic nitrogens is 4. The molecule has 0 atom stereocenters. The topological polar surface area (TPSA) is 50.1 Å². The van der Waals surface area contributed by atoms with E-state index in [-0.39, 0.29) is 38.6 Å². The van der Waals surface area contributed by atoms with Crippen molar-refractivity contribution in [1.29, 1.82) is 0 Å². The summed E-state index contributed by atoms with van der Waals surface area (Å²) in [6.45, 7) is 32.3. The first-order valence-electron chi connectivity index (χ1n) is 46.7. The van der Waals surface area contributed by atoms with Crippen LogP contribution >= 0.6 is 0 Å². The van der Waals surface area contributed by atoms with Crippen LogP contribution in [0.4, 0.5) is 34.1 Å². The Labute approximate surface area is 694 Å². The summed E-state index contributed by atoms with van der Waals surface area (Å²) in [5, 5.41) is 2.06. The summed E-state index contributed by atoms with van der Waals surface area (Å²) >= 11 is 0. The highest BCUT2D eigenvalue weighted by Crippen LogP contribution is 2.55. The highest BCUT2D eigenvalue weighted by molar-refractivity contribution is 7.00. The predicted octanol–water partition coefficient (Wildman–Crippen LogP) is 26.9. The quantitative estimate of drug-likeness (QED) is 0.121. The van der Waals surface area contributed by atoms with Gasteiger partial charge in [0.05, 0.1) is 48.7 Å². The SMILES string of the molecule is [2H]c1c([2H])c([2H])c(-c2ccc3c(c2)B2c4ccc(-c5cc(C(C)(C)C)cc(C(C)(C)C)c5)cc4N(c4ccc(-c5ccccc5)cc4-c4ccccc4)c4cc(-n5c6ccc(C(C)(C)C)cc6c6cc(C(C)(C)C)ccc65)cc(c42)N3c2c(-c3ccccc3)cc(C(C)(C)C)cc2-c2nc(-c3c([2H])c([2H])c([2H])c([2H])c3[2H])nc(-c3c([2H])c([2H])c([2H])c([2H])c3[2H])n2)c([2H])c1[2H]. The Morgan fingerprint density at radius 3 is 1.22 bits per heavy atom. The van der Waals surface area contributed by atoms with Gasteiger partial charge < -0.3 is 14.4 Å². The van der Waals surface area contributed by atoms with Crippen molar-refractivity contribution in [2.75, 3.05) is 9.80 Å². The van der Waals surface area contributed by atoms with Crippen molar-refractivity contribution in [2.45, 2.75) is 131 Å². The van der Waals surface area contributed by atoms with Crippen LogP contribution in [0.25, 0.3) is 117 Å². The van der Waals surface area contributed by atoms with E-state index >= 15 is 0 Å². The van der Waals surface area contributed by atoms with E-state index in [1.807, 2.05) is 72.8 Å². The van der Waals surface area contributed by atoms with Gasteiger partial charge in [-0.3, -0.25) is 0 Å². The van der Waals surface area contributed by atoms with Gasteiger partial charge in [0.2, 0.25) is 0 Å². The highest BCUT2D eigenvalue weighted by Gasteiger charge is 2.46. The molecule has 0 saturated heterocycles. The van der Waals surface area contributed by atoms with Gasteiger partial charge in [-0.2, -0.15) is 0 Å². The maximum atomic E-state index is 9.83. The van der Waals surface area contributed by atoms with Crippen molar-refractivity contribution < 1.29 is 20.6 Å². The van der Waals surface area contributed by atoms with Gasteiger partial charge in [-0.1, -0.05) is 346 Å². The number of hydrogen-bond acceptors (Lipinski definition) is 5. The molecule has 0 radical (unpaired) electrons. The lowest BCUT2D eigenvalue weighted by Crippen LogP contribution is -2.61. The lowest BCUT2D eigenvalue weighted by atomic mass is 9.33. The Hall–Kier alpha value is -12.4. The molecular formula is C107H97BN6. The summed E-state index contributed by atoms with van der Waals surface area (Å²) in [5.41, 5.74) is 19.1. The summed E-state index contributed by atoms with van der Waals surface area (Å²) in [4.78, 5) is 20.2. The third kappa shape index (κ3) is 13.2. The van der Waals surface area contributed by atoms with E-state index in [0.29, 0.717) is 39.2 Å². The molecule has 2 aliphatic rings. The molecule has 0 saturated carbocycles. The van der Waals surface area contributed by atoms with Crippen LogP contribution in [0, 0.1) is 0 Å². The first kappa shape index (κ1) is 57.6. The molecule has 0 bridgehead atoms. The Morgan fingerprint density at radius 2 is 0.702 bits per heavy atom. The molecule has 2 aromatic heterocycles. The number of benzene rings is 14. The summed E-state index contributed by atoms with van der Waals surface area (Å²) in [5.74, 6) is -1.09. The van der Waals surface area contributed by atoms with Crippen LogP contribution in [0.2, 0.25) is 0 Å². The van der Waals surface area contributed by atoms with Gasteiger partial charge in [0.15, 0.2) is 17.5 Å². The van der Waals surface area contributed by atoms with E-state index in [2.05, 4.69) is 264 Å². The molecule has 18 rings (SSSR count). The van der Waals surface area contributed by atoms with Gasteiger partial charge >= 0.3 is 0 Å². The standard InChI is InChI=1S/C107H97BN6/c1-103(2,3)78-49-54-92-86(62-78)87-63-79(104(4,5)6)50-55-93(87)112(92)83-66-96-98-97(67-83)114(99-85(71-40-28-19-29-41-71)64-82(107(13,14)15)65-88(99)102-110-100(72-42-30-20-31-43-72)109-101(111-102)73-44-32-21-33-45-73)94-53-48-75(69-36-24-17-25-37-69)59-90(94)108(98)89-51-46-76(77-56-80(105(7,8)9)61-81(57-77)106(10,11)12)60-95(89)113(96)91-52-47-74(68-34-22-16-23-35-68)58-84(91)70-38-26-18-27-39-70/h16-67H,1-15H3/i17D,20D,21D,24D,25D,30D,31D,32D,33D,36D,37D,42D,43D,44D,45D. The van der Waals surface area contributed by atoms with E-state index in [4.69, 9.17) is 24.5 Å². The van der Waals surface area contributed by atoms with Crippen molar-refractivity contribution in [3.8, 4) is 95.5 Å². The van der Waals surface area contributed by atoms with Gasteiger partial charge in [0, 0.05) is 61.3 Å². The summed E-state index contributed by atoms with van der Waals surface area (Å²) in [6.07, 6.45) is 0. The zero-order chi connectivity index (χ0) is 92.0. The van der Waals surface area contributed by atoms with Crippen LogP contribution in [-0.2, 0) is 27.1 Å². The summed E-state index contributed by atoms with van der Waals surface area (Å²) in [7, 11) is 0. The Balaban J connectivity index is 1.09. The predicted molar refractivity (Wildman–Crippen MR) is 485 cm³/mol. The molecule has 4 heterocycles. The minimum atomic E-state index is -0.794. The zero-order valence-corrected chi connectivity index (χ0v) is 67.1. The molecule has 0 aliphatic carbocycles. The second kappa shape index (κ2) is 27.7. The van der Waals surface area contributed by atoms with Gasteiger partial charge in [0.1, 0.15) is 0 Å². The second-order valence-electron chi connectivity index (χ2n) is 35.5. The molecule has 6 nitrogen and oxygen atoms in total. The van der Waals surface area contributed by atoms with Crippen LogP contribution in [-0.4, -0.2) is 26.2 Å². The van der Waals surface area contributed by atoms with Crippen molar-refractivity contribution in [1.82, 2.24) is 19.5 Å². The number of anilines is 6. The number of fused-ring (bicyclic) bond motifs is 7. The normalized spacial score (nSPS) is 14.8. The minimum Gasteiger partial charge on any atom is -0.311 e. The van der Waals surface area contributed by atoms with Crippen LogP contribution < -0.4 is 26.2 Å². The maximum Gasteiger partial charge on any atom is 0.252 e. The van der Waals surface area contributed by atoms with E-state index in [0.717, 1.165) is 117 Å². The van der Waals surface area contributed by atoms with Crippen LogP contribution in [0.15, 0.2) is 315 Å². The lowest BCUT2D eigenvalue weighted by Gasteiger charge is -2.46. The molecule has 16 aromatic rings. The molecular weight excluding hydrogens is 1380 g/mol. The van der Waals surface area contributed by atoms with E-state index in [1.54, 1.807) is 6.07 Å². The number of hydrogen-bond donors (Lipinski definition) is 0. The highest BCUT2D eigenvalue weighted by atomic mass is 15.2. The first-order valence-corrected chi connectivity index (χ1v) is 39.2. The molecule has 114 heavy (non-hydrogen) atoms. The smallest absolute Gasteiger partial charge is 0.252 e. The number of rotatable bonds is 11. The average Bonchev–Trinajstić information content (AvgIpc) is 1.39. The average molecular weight is 1490 g/mol. The molecule has 7 heteroatoms. The molecule has 0 amide bonds. The molecule has 0 unspecified atom stereocenters. The third-order valence-corrected chi connectivity index (χ3v) is 22.6. The Kier molecular flexibility index (Phi) is 14.0. The maximum absolute atomic E-state index is 9.83. The van der Waals surface area contributed by atoms with Crippen LogP contribution in [0.3, 0.4) is 0 Å². The van der Waals surface area contributed by atoms with E-state index in [9.17, 15) is 11.0 Å². The monoisotopic (exact) mass is 1490 g/mol. The summed E-state index contributed by atoms with van der Waals surface area (Å²) in [6, 6.07) is 69.8. The molecule has 0 N–H and O–H groups in total. The van der Waals surface area contributed by atoms with Gasteiger partial charge in [-0.05, 0) is 189 Å². The van der Waals surface area contributed by atoms with Crippen molar-refractivity contribution in [3.05, 3.63) is 343 Å². The largest absolute Gasteiger partial charge is 0.311 e. The zero-order valence-electron chi connectivity index (χ0n) is 82.1. The fourth-order valence-electron chi connectivity index (χ4n) is 16.4. The van der Waals surface area contributed by atoms with Gasteiger partial charge in [-0.15, -0.1) is 0 Å². The molecule has 2 aliphatic heterocycles. The fraction of sp³-hybridized carbons (Fsp3) is 0.187. The summed E-state index contributed by atoms with van der Waals surface area (Å²) < 4.78 is 143. The minimum absolute atomic E-state index is 0.0227. The van der Waals surface area contributed by atoms with Gasteiger partial charge in [-0.25, -0.2) is 15.0 Å². The van der Waals surface area contributed by atoms with Gasteiger partial charge in [0.25, 0.3) is 6.71 Å².